The molecule has 4 N–H and O–H groups in total. The molecule has 3 heterocycles. The van der Waals surface area contributed by atoms with E-state index in [0.717, 1.165) is 50.1 Å². The molecule has 33 heavy (non-hydrogen) atoms. The van der Waals surface area contributed by atoms with Gasteiger partial charge in [0.1, 0.15) is 23.1 Å². The Morgan fingerprint density at radius 2 is 1.82 bits per heavy atom. The van der Waals surface area contributed by atoms with Crippen LogP contribution >= 0.6 is 0 Å². The number of nitrogen functional groups attached to an aromatic ring is 1. The highest BCUT2D eigenvalue weighted by Crippen LogP contribution is 2.33. The molecule has 2 aliphatic rings. The van der Waals surface area contributed by atoms with Crippen molar-refractivity contribution in [1.29, 1.82) is 0 Å². The van der Waals surface area contributed by atoms with Crippen molar-refractivity contribution < 1.29 is 4.74 Å². The van der Waals surface area contributed by atoms with Crippen LogP contribution in [-0.4, -0.2) is 39.2 Å². The zero-order valence-corrected chi connectivity index (χ0v) is 18.3. The van der Waals surface area contributed by atoms with Crippen LogP contribution in [0.2, 0.25) is 0 Å². The summed E-state index contributed by atoms with van der Waals surface area (Å²) in [6.07, 6.45) is 3.99. The maximum absolute atomic E-state index is 12.7. The van der Waals surface area contributed by atoms with E-state index >= 15 is 0 Å². The molecule has 1 saturated heterocycles. The number of nitrogens with one attached hydrogen (secondary N) is 2. The van der Waals surface area contributed by atoms with Crippen LogP contribution in [-0.2, 0) is 12.8 Å². The Morgan fingerprint density at radius 3 is 2.52 bits per heavy atom. The minimum absolute atomic E-state index is 0.101. The van der Waals surface area contributed by atoms with E-state index in [1.165, 1.54) is 11.1 Å². The number of fused-ring (bicyclic) bond motifs is 2. The molecule has 0 amide bonds. The highest BCUT2D eigenvalue weighted by Gasteiger charge is 2.25. The normalized spacial score (nSPS) is 18.5. The maximum atomic E-state index is 12.7. The third kappa shape index (κ3) is 3.56. The Hall–Kier alpha value is -3.65. The van der Waals surface area contributed by atoms with Crippen LogP contribution in [0.4, 0.5) is 5.82 Å². The van der Waals surface area contributed by atoms with Gasteiger partial charge in [0, 0.05) is 24.9 Å². The van der Waals surface area contributed by atoms with E-state index in [-0.39, 0.29) is 23.5 Å². The number of benzene rings is 2. The van der Waals surface area contributed by atoms with Gasteiger partial charge in [-0.25, -0.2) is 5.10 Å². The van der Waals surface area contributed by atoms with Gasteiger partial charge in [-0.2, -0.15) is 10.2 Å². The molecule has 1 aliphatic heterocycles. The van der Waals surface area contributed by atoms with Crippen molar-refractivity contribution in [1.82, 2.24) is 25.3 Å². The second-order valence-corrected chi connectivity index (χ2v) is 8.90. The van der Waals surface area contributed by atoms with Crippen LogP contribution in [0.3, 0.4) is 0 Å². The lowest BCUT2D eigenvalue weighted by Gasteiger charge is -2.23. The lowest BCUT2D eigenvalue weighted by molar-refractivity contribution is 0.214. The molecule has 0 unspecified atom stereocenters. The first-order valence-corrected chi connectivity index (χ1v) is 11.5. The first-order chi connectivity index (χ1) is 16.2. The van der Waals surface area contributed by atoms with Crippen molar-refractivity contribution in [3.63, 3.8) is 0 Å². The fourth-order valence-electron chi connectivity index (χ4n) is 5.11. The second-order valence-electron chi connectivity index (χ2n) is 8.90. The quantitative estimate of drug-likeness (QED) is 0.448. The van der Waals surface area contributed by atoms with Gasteiger partial charge in [0.05, 0.1) is 11.4 Å². The number of aromatic amines is 1. The highest BCUT2D eigenvalue weighted by atomic mass is 16.5. The Morgan fingerprint density at radius 1 is 1.06 bits per heavy atom. The van der Waals surface area contributed by atoms with Crippen molar-refractivity contribution in [3.05, 3.63) is 70.0 Å². The second kappa shape index (κ2) is 8.04. The minimum Gasteiger partial charge on any atom is -0.490 e. The largest absolute Gasteiger partial charge is 0.490 e. The molecule has 0 saturated carbocycles. The highest BCUT2D eigenvalue weighted by molar-refractivity contribution is 5.99. The summed E-state index contributed by atoms with van der Waals surface area (Å²) < 4.78 is 8.08. The van der Waals surface area contributed by atoms with E-state index in [2.05, 4.69) is 39.8 Å². The SMILES string of the molecule is Nc1n[nH]c(=O)c2c1c(-c1ccc(OC3Cc4ccccc4C3)cc1)nn2[C@@H]1CCCNC1. The van der Waals surface area contributed by atoms with Gasteiger partial charge in [-0.3, -0.25) is 9.48 Å². The number of hydrogen-bond donors (Lipinski definition) is 3. The third-order valence-electron chi connectivity index (χ3n) is 6.72. The number of nitrogens with zero attached hydrogens (tertiary/aromatic N) is 3. The molecule has 8 heteroatoms. The van der Waals surface area contributed by atoms with Gasteiger partial charge in [0.2, 0.25) is 0 Å². The van der Waals surface area contributed by atoms with Crippen molar-refractivity contribution in [2.75, 3.05) is 18.8 Å². The van der Waals surface area contributed by atoms with E-state index in [0.29, 0.717) is 16.6 Å². The van der Waals surface area contributed by atoms with E-state index < -0.39 is 0 Å². The van der Waals surface area contributed by atoms with Crippen LogP contribution in [0, 0.1) is 0 Å². The molecular weight excluding hydrogens is 416 g/mol. The van der Waals surface area contributed by atoms with Crippen molar-refractivity contribution >= 4 is 16.7 Å². The van der Waals surface area contributed by atoms with Gasteiger partial charge < -0.3 is 15.8 Å². The summed E-state index contributed by atoms with van der Waals surface area (Å²) in [5, 5.41) is 15.4. The van der Waals surface area contributed by atoms with Gasteiger partial charge in [-0.1, -0.05) is 24.3 Å². The number of rotatable bonds is 4. The Labute approximate surface area is 190 Å². The van der Waals surface area contributed by atoms with Crippen LogP contribution in [0.25, 0.3) is 22.2 Å². The van der Waals surface area contributed by atoms with Gasteiger partial charge in [-0.15, -0.1) is 0 Å². The topological polar surface area (TPSA) is 111 Å². The number of hydrogen-bond acceptors (Lipinski definition) is 6. The van der Waals surface area contributed by atoms with E-state index in [1.807, 2.05) is 28.9 Å². The molecule has 6 rings (SSSR count). The summed E-state index contributed by atoms with van der Waals surface area (Å²) >= 11 is 0. The summed E-state index contributed by atoms with van der Waals surface area (Å²) in [6, 6.07) is 16.5. The molecule has 2 aromatic heterocycles. The molecule has 168 valence electrons. The molecule has 1 fully saturated rings. The first-order valence-electron chi connectivity index (χ1n) is 11.5. The molecule has 1 atom stereocenters. The lowest BCUT2D eigenvalue weighted by Crippen LogP contribution is -2.33. The fourth-order valence-corrected chi connectivity index (χ4v) is 5.11. The van der Waals surface area contributed by atoms with Gasteiger partial charge >= 0.3 is 0 Å². The number of aromatic nitrogens is 4. The van der Waals surface area contributed by atoms with Crippen molar-refractivity contribution in [3.8, 4) is 17.0 Å². The van der Waals surface area contributed by atoms with Gasteiger partial charge in [0.25, 0.3) is 5.56 Å². The predicted molar refractivity (Wildman–Crippen MR) is 127 cm³/mol. The van der Waals surface area contributed by atoms with Crippen LogP contribution in [0.15, 0.2) is 53.3 Å². The predicted octanol–water partition coefficient (Wildman–Crippen LogP) is 2.84. The molecule has 2 aromatic carbocycles. The van der Waals surface area contributed by atoms with Crippen molar-refractivity contribution in [2.45, 2.75) is 37.8 Å². The summed E-state index contributed by atoms with van der Waals surface area (Å²) in [6.45, 7) is 1.75. The zero-order valence-electron chi connectivity index (χ0n) is 18.3. The monoisotopic (exact) mass is 442 g/mol. The fraction of sp³-hybridized carbons (Fsp3) is 0.320. The number of anilines is 1. The van der Waals surface area contributed by atoms with Crippen molar-refractivity contribution in [2.24, 2.45) is 0 Å². The average molecular weight is 443 g/mol. The van der Waals surface area contributed by atoms with E-state index in [4.69, 9.17) is 15.6 Å². The number of nitrogens with two attached hydrogens (primary N) is 1. The zero-order chi connectivity index (χ0) is 22.4. The molecule has 0 radical (unpaired) electrons. The Kier molecular flexibility index (Phi) is 4.87. The van der Waals surface area contributed by atoms with E-state index in [1.54, 1.807) is 0 Å². The standard InChI is InChI=1S/C25H26N6O2/c26-24-21-22(30-31(18-6-3-11-27-14-18)23(21)25(32)29-28-24)15-7-9-19(10-8-15)33-20-12-16-4-1-2-5-17(16)13-20/h1-2,4-5,7-10,18,20,27H,3,6,11-14H2,(H2,26,28)(H,29,32)/t18-/m1/s1. The van der Waals surface area contributed by atoms with Crippen LogP contribution in [0.5, 0.6) is 5.75 Å². The molecule has 8 nitrogen and oxygen atoms in total. The lowest BCUT2D eigenvalue weighted by atomic mass is 10.1. The molecule has 4 aromatic rings. The van der Waals surface area contributed by atoms with Gasteiger partial charge in [-0.05, 0) is 54.8 Å². The molecule has 1 aliphatic carbocycles. The number of piperidine rings is 1. The summed E-state index contributed by atoms with van der Waals surface area (Å²) in [5.74, 6) is 1.10. The van der Waals surface area contributed by atoms with Crippen LogP contribution in [0.1, 0.15) is 30.0 Å². The minimum atomic E-state index is -0.274. The number of H-pyrrole nitrogens is 1. The number of ether oxygens (including phenoxy) is 1. The summed E-state index contributed by atoms with van der Waals surface area (Å²) in [4.78, 5) is 12.7. The van der Waals surface area contributed by atoms with Crippen LogP contribution < -0.4 is 21.3 Å². The Bertz CT molecular complexity index is 1340. The maximum Gasteiger partial charge on any atom is 0.290 e. The smallest absolute Gasteiger partial charge is 0.290 e. The van der Waals surface area contributed by atoms with Gasteiger partial charge in [0.15, 0.2) is 5.82 Å². The molecule has 0 bridgehead atoms. The summed E-state index contributed by atoms with van der Waals surface area (Å²) in [7, 11) is 0. The third-order valence-corrected chi connectivity index (χ3v) is 6.72. The average Bonchev–Trinajstić information content (AvgIpc) is 3.45. The van der Waals surface area contributed by atoms with E-state index in [9.17, 15) is 4.79 Å². The Balaban J connectivity index is 1.32. The first kappa shape index (κ1) is 20.0. The molecule has 0 spiro atoms. The molecular formula is C25H26N6O2. The summed E-state index contributed by atoms with van der Waals surface area (Å²) in [5.41, 5.74) is 10.7.